The van der Waals surface area contributed by atoms with Crippen molar-refractivity contribution in [2.75, 3.05) is 13.2 Å². The summed E-state index contributed by atoms with van der Waals surface area (Å²) in [5.41, 5.74) is 3.43. The number of nitrogens with one attached hydrogen (secondary N) is 2. The van der Waals surface area contributed by atoms with Gasteiger partial charge in [-0.3, -0.25) is 4.79 Å². The second kappa shape index (κ2) is 10.7. The van der Waals surface area contributed by atoms with E-state index < -0.39 is 35.5 Å². The normalized spacial score (nSPS) is 14.5. The number of aliphatic hydroxyl groups excluding tert-OH is 1. The molecule has 8 nitrogen and oxygen atoms in total. The molecule has 0 heterocycles. The predicted molar refractivity (Wildman–Crippen MR) is 127 cm³/mol. The van der Waals surface area contributed by atoms with E-state index in [1.807, 2.05) is 36.4 Å². The minimum Gasteiger partial charge on any atom is -0.480 e. The first-order valence-corrected chi connectivity index (χ1v) is 11.5. The van der Waals surface area contributed by atoms with Gasteiger partial charge in [0.15, 0.2) is 6.04 Å². The Morgan fingerprint density at radius 2 is 1.53 bits per heavy atom. The molecule has 182 valence electrons. The van der Waals surface area contributed by atoms with Gasteiger partial charge in [0.25, 0.3) is 0 Å². The Bertz CT molecular complexity index is 1000. The lowest BCUT2D eigenvalue weighted by Gasteiger charge is -2.32. The summed E-state index contributed by atoms with van der Waals surface area (Å²) in [6, 6.07) is 14.6. The monoisotopic (exact) mass is 468 g/mol. The van der Waals surface area contributed by atoms with Gasteiger partial charge in [0, 0.05) is 12.5 Å². The van der Waals surface area contributed by atoms with E-state index in [1.165, 1.54) is 6.92 Å². The third kappa shape index (κ3) is 5.07. The molecule has 2 atom stereocenters. The Kier molecular flexibility index (Phi) is 7.94. The molecular formula is C26H32N2O6. The van der Waals surface area contributed by atoms with Crippen LogP contribution in [0.3, 0.4) is 0 Å². The quantitative estimate of drug-likeness (QED) is 0.424. The minimum atomic E-state index is -1.43. The van der Waals surface area contributed by atoms with Crippen molar-refractivity contribution < 1.29 is 29.3 Å². The van der Waals surface area contributed by atoms with Crippen molar-refractivity contribution in [2.45, 2.75) is 51.7 Å². The van der Waals surface area contributed by atoms with Gasteiger partial charge in [-0.05, 0) is 42.0 Å². The summed E-state index contributed by atoms with van der Waals surface area (Å²) < 4.78 is 5.55. The van der Waals surface area contributed by atoms with Crippen LogP contribution in [0.15, 0.2) is 48.5 Å². The highest BCUT2D eigenvalue weighted by molar-refractivity contribution is 5.88. The largest absolute Gasteiger partial charge is 0.480 e. The Morgan fingerprint density at radius 3 is 2.00 bits per heavy atom. The van der Waals surface area contributed by atoms with Crippen LogP contribution in [0.1, 0.15) is 50.7 Å². The standard InChI is InChI=1S/C26H32N2O6/c1-4-26(5-2,24(32)28-22(16(3)29)23(30)31)15-27-25(33)34-14-21-19-12-8-6-10-17(19)18-11-7-9-13-20(18)21/h6-13,16,21-22,29H,4-5,14-15H2,1-3H3,(H,27,33)(H,28,32)(H,30,31)/t16-,22+/m1/s1. The minimum absolute atomic E-state index is 0.0192. The fourth-order valence-corrected chi connectivity index (χ4v) is 4.48. The van der Waals surface area contributed by atoms with Crippen molar-refractivity contribution in [1.29, 1.82) is 0 Å². The lowest BCUT2D eigenvalue weighted by Crippen LogP contribution is -2.55. The molecule has 2 amide bonds. The maximum atomic E-state index is 12.9. The number of ether oxygens (including phenoxy) is 1. The zero-order valence-corrected chi connectivity index (χ0v) is 19.7. The van der Waals surface area contributed by atoms with Gasteiger partial charge in [-0.2, -0.15) is 0 Å². The average molecular weight is 469 g/mol. The van der Waals surface area contributed by atoms with Gasteiger partial charge in [0.05, 0.1) is 11.5 Å². The van der Waals surface area contributed by atoms with Gasteiger partial charge in [0.2, 0.25) is 5.91 Å². The number of alkyl carbamates (subject to hydrolysis) is 1. The van der Waals surface area contributed by atoms with Crippen LogP contribution in [-0.2, 0) is 14.3 Å². The molecule has 2 aromatic carbocycles. The van der Waals surface area contributed by atoms with E-state index in [0.29, 0.717) is 12.8 Å². The molecule has 0 aliphatic heterocycles. The molecule has 8 heteroatoms. The van der Waals surface area contributed by atoms with E-state index in [1.54, 1.807) is 13.8 Å². The fraction of sp³-hybridized carbons (Fsp3) is 0.423. The van der Waals surface area contributed by atoms with Crippen LogP contribution in [-0.4, -0.2) is 53.5 Å². The summed E-state index contributed by atoms with van der Waals surface area (Å²) >= 11 is 0. The van der Waals surface area contributed by atoms with E-state index >= 15 is 0 Å². The molecule has 0 radical (unpaired) electrons. The lowest BCUT2D eigenvalue weighted by molar-refractivity contribution is -0.147. The van der Waals surface area contributed by atoms with Crippen molar-refractivity contribution in [1.82, 2.24) is 10.6 Å². The topological polar surface area (TPSA) is 125 Å². The number of hydrogen-bond acceptors (Lipinski definition) is 5. The fourth-order valence-electron chi connectivity index (χ4n) is 4.48. The molecule has 0 saturated carbocycles. The maximum Gasteiger partial charge on any atom is 0.407 e. The first kappa shape index (κ1) is 25.2. The maximum absolute atomic E-state index is 12.9. The molecule has 0 unspecified atom stereocenters. The summed E-state index contributed by atoms with van der Waals surface area (Å²) in [5, 5.41) is 24.0. The molecule has 0 aromatic heterocycles. The molecule has 1 aliphatic carbocycles. The number of carboxylic acid groups (broad SMARTS) is 1. The number of rotatable bonds is 10. The average Bonchev–Trinajstić information content (AvgIpc) is 3.15. The zero-order chi connectivity index (χ0) is 24.9. The van der Waals surface area contributed by atoms with Gasteiger partial charge >= 0.3 is 12.1 Å². The van der Waals surface area contributed by atoms with E-state index in [0.717, 1.165) is 22.3 Å². The van der Waals surface area contributed by atoms with Crippen LogP contribution in [0, 0.1) is 5.41 Å². The second-order valence-corrected chi connectivity index (χ2v) is 8.70. The van der Waals surface area contributed by atoms with E-state index in [9.17, 15) is 24.6 Å². The smallest absolute Gasteiger partial charge is 0.407 e. The van der Waals surface area contributed by atoms with Gasteiger partial charge < -0.3 is 25.6 Å². The molecule has 0 saturated heterocycles. The molecule has 34 heavy (non-hydrogen) atoms. The van der Waals surface area contributed by atoms with E-state index in [4.69, 9.17) is 4.74 Å². The highest BCUT2D eigenvalue weighted by Crippen LogP contribution is 2.44. The predicted octanol–water partition coefficient (Wildman–Crippen LogP) is 3.28. The second-order valence-electron chi connectivity index (χ2n) is 8.70. The molecule has 3 rings (SSSR count). The third-order valence-corrected chi connectivity index (χ3v) is 6.79. The molecule has 0 spiro atoms. The van der Waals surface area contributed by atoms with Crippen molar-refractivity contribution in [3.63, 3.8) is 0 Å². The molecule has 0 fully saturated rings. The Morgan fingerprint density at radius 1 is 1.00 bits per heavy atom. The summed E-state index contributed by atoms with van der Waals surface area (Å²) in [6.07, 6.45) is -1.18. The third-order valence-electron chi connectivity index (χ3n) is 6.79. The number of carbonyl (C=O) groups excluding carboxylic acids is 2. The van der Waals surface area contributed by atoms with Crippen LogP contribution in [0.5, 0.6) is 0 Å². The summed E-state index contributed by atoms with van der Waals surface area (Å²) in [5.74, 6) is -1.94. The molecule has 1 aliphatic rings. The van der Waals surface area contributed by atoms with Crippen LogP contribution in [0.4, 0.5) is 4.79 Å². The number of carbonyl (C=O) groups is 3. The molecular weight excluding hydrogens is 436 g/mol. The first-order valence-electron chi connectivity index (χ1n) is 11.5. The van der Waals surface area contributed by atoms with Crippen LogP contribution < -0.4 is 10.6 Å². The lowest BCUT2D eigenvalue weighted by atomic mass is 9.81. The number of aliphatic carboxylic acids is 1. The number of aliphatic hydroxyl groups is 1. The molecule has 4 N–H and O–H groups in total. The number of amides is 2. The summed E-state index contributed by atoms with van der Waals surface area (Å²) in [4.78, 5) is 36.9. The Balaban J connectivity index is 1.64. The number of hydrogen-bond donors (Lipinski definition) is 4. The molecule has 0 bridgehead atoms. The first-order chi connectivity index (χ1) is 16.2. The zero-order valence-electron chi connectivity index (χ0n) is 19.7. The van der Waals surface area contributed by atoms with E-state index in [-0.39, 0.29) is 19.1 Å². The summed E-state index contributed by atoms with van der Waals surface area (Å²) in [6.45, 7) is 5.02. The van der Waals surface area contributed by atoms with Crippen molar-refractivity contribution in [3.05, 3.63) is 59.7 Å². The van der Waals surface area contributed by atoms with Gasteiger partial charge in [-0.15, -0.1) is 0 Å². The van der Waals surface area contributed by atoms with Crippen LogP contribution >= 0.6 is 0 Å². The number of fused-ring (bicyclic) bond motifs is 3. The van der Waals surface area contributed by atoms with Crippen LogP contribution in [0.2, 0.25) is 0 Å². The van der Waals surface area contributed by atoms with Gasteiger partial charge in [-0.1, -0.05) is 62.4 Å². The van der Waals surface area contributed by atoms with Crippen LogP contribution in [0.25, 0.3) is 11.1 Å². The van der Waals surface area contributed by atoms with Crippen molar-refractivity contribution in [3.8, 4) is 11.1 Å². The van der Waals surface area contributed by atoms with Crippen molar-refractivity contribution in [2.24, 2.45) is 5.41 Å². The molecule has 2 aromatic rings. The highest BCUT2D eigenvalue weighted by atomic mass is 16.5. The Hall–Kier alpha value is -3.39. The summed E-state index contributed by atoms with van der Waals surface area (Å²) in [7, 11) is 0. The van der Waals surface area contributed by atoms with Gasteiger partial charge in [-0.25, -0.2) is 9.59 Å². The number of benzene rings is 2. The van der Waals surface area contributed by atoms with Gasteiger partial charge in [0.1, 0.15) is 6.61 Å². The van der Waals surface area contributed by atoms with E-state index in [2.05, 4.69) is 22.8 Å². The highest BCUT2D eigenvalue weighted by Gasteiger charge is 2.39. The number of carboxylic acids is 1. The SMILES string of the molecule is CCC(CC)(CNC(=O)OCC1c2ccccc2-c2ccccc21)C(=O)N[C@H](C(=O)O)[C@@H](C)O. The Labute approximate surface area is 199 Å². The van der Waals surface area contributed by atoms with Crippen molar-refractivity contribution >= 4 is 18.0 Å².